The third-order valence-corrected chi connectivity index (χ3v) is 2.61. The van der Waals surface area contributed by atoms with E-state index in [-0.39, 0.29) is 5.69 Å². The standard InChI is InChI=1S/C12H10N2O2/c1-2-8-9(7-13)10-5-3-4-6-14(10)11(8)12(15)16/h3-6H,2H2,1H3,(H,15,16). The molecule has 4 nitrogen and oxygen atoms in total. The van der Waals surface area contributed by atoms with Crippen LogP contribution >= 0.6 is 0 Å². The molecule has 0 aliphatic carbocycles. The number of pyridine rings is 1. The van der Waals surface area contributed by atoms with Crippen molar-refractivity contribution in [1.82, 2.24) is 4.40 Å². The lowest BCUT2D eigenvalue weighted by Gasteiger charge is -1.98. The lowest BCUT2D eigenvalue weighted by atomic mass is 10.1. The molecular formula is C12H10N2O2. The lowest BCUT2D eigenvalue weighted by molar-refractivity contribution is 0.0688. The van der Waals surface area contributed by atoms with Crippen molar-refractivity contribution in [2.45, 2.75) is 13.3 Å². The van der Waals surface area contributed by atoms with E-state index in [1.807, 2.05) is 6.92 Å². The quantitative estimate of drug-likeness (QED) is 0.832. The molecular weight excluding hydrogens is 204 g/mol. The molecule has 2 aromatic heterocycles. The van der Waals surface area contributed by atoms with Crippen LogP contribution in [0, 0.1) is 11.3 Å². The largest absolute Gasteiger partial charge is 0.477 e. The molecule has 0 aromatic carbocycles. The van der Waals surface area contributed by atoms with E-state index in [0.29, 0.717) is 23.1 Å². The molecule has 0 aliphatic rings. The van der Waals surface area contributed by atoms with Gasteiger partial charge in [0.25, 0.3) is 0 Å². The summed E-state index contributed by atoms with van der Waals surface area (Å²) in [5, 5.41) is 18.3. The first-order valence-corrected chi connectivity index (χ1v) is 4.96. The molecule has 0 bridgehead atoms. The Morgan fingerprint density at radius 2 is 2.31 bits per heavy atom. The lowest BCUT2D eigenvalue weighted by Crippen LogP contribution is -2.04. The van der Waals surface area contributed by atoms with Crippen molar-refractivity contribution in [1.29, 1.82) is 5.26 Å². The summed E-state index contributed by atoms with van der Waals surface area (Å²) in [5.74, 6) is -1.00. The van der Waals surface area contributed by atoms with Gasteiger partial charge in [0, 0.05) is 11.8 Å². The van der Waals surface area contributed by atoms with Gasteiger partial charge in [-0.15, -0.1) is 0 Å². The molecule has 0 atom stereocenters. The minimum absolute atomic E-state index is 0.189. The van der Waals surface area contributed by atoms with Gasteiger partial charge in [-0.2, -0.15) is 5.26 Å². The summed E-state index contributed by atoms with van der Waals surface area (Å²) in [5.41, 5.74) is 1.90. The van der Waals surface area contributed by atoms with Crippen LogP contribution in [0.5, 0.6) is 0 Å². The van der Waals surface area contributed by atoms with Crippen LogP contribution in [-0.4, -0.2) is 15.5 Å². The predicted octanol–water partition coefficient (Wildman–Crippen LogP) is 2.07. The van der Waals surface area contributed by atoms with Crippen molar-refractivity contribution < 1.29 is 9.90 Å². The number of hydrogen-bond donors (Lipinski definition) is 1. The monoisotopic (exact) mass is 214 g/mol. The topological polar surface area (TPSA) is 65.5 Å². The number of fused-ring (bicyclic) bond motifs is 1. The number of carbonyl (C=O) groups is 1. The van der Waals surface area contributed by atoms with Gasteiger partial charge in [0.1, 0.15) is 11.8 Å². The molecule has 0 unspecified atom stereocenters. The minimum Gasteiger partial charge on any atom is -0.477 e. The Kier molecular flexibility index (Phi) is 2.37. The Morgan fingerprint density at radius 3 is 2.88 bits per heavy atom. The predicted molar refractivity (Wildman–Crippen MR) is 58.4 cm³/mol. The van der Waals surface area contributed by atoms with Gasteiger partial charge in [-0.25, -0.2) is 4.79 Å². The van der Waals surface area contributed by atoms with Crippen molar-refractivity contribution in [3.05, 3.63) is 41.2 Å². The average Bonchev–Trinajstić information content (AvgIpc) is 2.62. The molecule has 0 aliphatic heterocycles. The molecule has 0 amide bonds. The molecule has 2 rings (SSSR count). The maximum absolute atomic E-state index is 11.2. The van der Waals surface area contributed by atoms with E-state index in [4.69, 9.17) is 5.26 Å². The highest BCUT2D eigenvalue weighted by molar-refractivity contribution is 5.92. The fraction of sp³-hybridized carbons (Fsp3) is 0.167. The molecule has 2 heterocycles. The van der Waals surface area contributed by atoms with E-state index in [2.05, 4.69) is 6.07 Å². The van der Waals surface area contributed by atoms with Gasteiger partial charge >= 0.3 is 5.97 Å². The summed E-state index contributed by atoms with van der Waals surface area (Å²) in [6.45, 7) is 1.85. The minimum atomic E-state index is -1.00. The number of carboxylic acid groups (broad SMARTS) is 1. The van der Waals surface area contributed by atoms with Gasteiger partial charge in [0.2, 0.25) is 0 Å². The molecule has 2 aromatic rings. The summed E-state index contributed by atoms with van der Waals surface area (Å²) < 4.78 is 1.56. The summed E-state index contributed by atoms with van der Waals surface area (Å²) >= 11 is 0. The van der Waals surface area contributed by atoms with Crippen LogP contribution in [0.3, 0.4) is 0 Å². The van der Waals surface area contributed by atoms with E-state index in [1.54, 1.807) is 28.8 Å². The van der Waals surface area contributed by atoms with E-state index in [0.717, 1.165) is 0 Å². The molecule has 0 fully saturated rings. The average molecular weight is 214 g/mol. The van der Waals surface area contributed by atoms with Crippen molar-refractivity contribution in [2.75, 3.05) is 0 Å². The zero-order valence-electron chi connectivity index (χ0n) is 8.77. The third-order valence-electron chi connectivity index (χ3n) is 2.61. The smallest absolute Gasteiger partial charge is 0.353 e. The van der Waals surface area contributed by atoms with E-state index in [1.165, 1.54) is 0 Å². The number of rotatable bonds is 2. The Bertz CT molecular complexity index is 605. The molecule has 0 spiro atoms. The van der Waals surface area contributed by atoms with E-state index < -0.39 is 5.97 Å². The first-order valence-electron chi connectivity index (χ1n) is 4.96. The van der Waals surface area contributed by atoms with Crippen LogP contribution in [0.1, 0.15) is 28.5 Å². The van der Waals surface area contributed by atoms with Gasteiger partial charge in [-0.3, -0.25) is 0 Å². The van der Waals surface area contributed by atoms with Gasteiger partial charge < -0.3 is 9.51 Å². The SMILES string of the molecule is CCc1c(C#N)c2ccccn2c1C(=O)O. The summed E-state index contributed by atoms with van der Waals surface area (Å²) in [6, 6.07) is 7.38. The fourth-order valence-corrected chi connectivity index (χ4v) is 1.96. The summed E-state index contributed by atoms with van der Waals surface area (Å²) in [6.07, 6.45) is 2.20. The fourth-order valence-electron chi connectivity index (χ4n) is 1.96. The van der Waals surface area contributed by atoms with E-state index in [9.17, 15) is 9.90 Å². The van der Waals surface area contributed by atoms with Crippen LogP contribution in [-0.2, 0) is 6.42 Å². The van der Waals surface area contributed by atoms with Gasteiger partial charge in [0.15, 0.2) is 0 Å². The molecule has 0 radical (unpaired) electrons. The second kappa shape index (κ2) is 3.70. The van der Waals surface area contributed by atoms with Gasteiger partial charge in [-0.05, 0) is 18.6 Å². The summed E-state index contributed by atoms with van der Waals surface area (Å²) in [4.78, 5) is 11.2. The zero-order chi connectivity index (χ0) is 11.7. The van der Waals surface area contributed by atoms with Crippen LogP contribution < -0.4 is 0 Å². The van der Waals surface area contributed by atoms with Crippen LogP contribution in [0.4, 0.5) is 0 Å². The maximum Gasteiger partial charge on any atom is 0.353 e. The van der Waals surface area contributed by atoms with Crippen LogP contribution in [0.25, 0.3) is 5.52 Å². The van der Waals surface area contributed by atoms with Crippen molar-refractivity contribution in [3.8, 4) is 6.07 Å². The highest BCUT2D eigenvalue weighted by atomic mass is 16.4. The Morgan fingerprint density at radius 1 is 1.56 bits per heavy atom. The zero-order valence-corrected chi connectivity index (χ0v) is 8.77. The maximum atomic E-state index is 11.2. The highest BCUT2D eigenvalue weighted by Gasteiger charge is 2.20. The molecule has 0 saturated heterocycles. The van der Waals surface area contributed by atoms with E-state index >= 15 is 0 Å². The molecule has 80 valence electrons. The first-order chi connectivity index (χ1) is 7.70. The number of nitrogens with zero attached hydrogens (tertiary/aromatic N) is 2. The number of carboxylic acids is 1. The van der Waals surface area contributed by atoms with Crippen molar-refractivity contribution >= 4 is 11.5 Å². The molecule has 1 N–H and O–H groups in total. The van der Waals surface area contributed by atoms with Crippen LogP contribution in [0.2, 0.25) is 0 Å². The Balaban J connectivity index is 2.97. The van der Waals surface area contributed by atoms with Gasteiger partial charge in [0.05, 0.1) is 11.1 Å². The Labute approximate surface area is 92.4 Å². The van der Waals surface area contributed by atoms with Crippen LogP contribution in [0.15, 0.2) is 24.4 Å². The normalized spacial score (nSPS) is 10.2. The second-order valence-electron chi connectivity index (χ2n) is 3.43. The number of hydrogen-bond acceptors (Lipinski definition) is 2. The summed E-state index contributed by atoms with van der Waals surface area (Å²) in [7, 11) is 0. The van der Waals surface area contributed by atoms with Gasteiger partial charge in [-0.1, -0.05) is 13.0 Å². The molecule has 0 saturated carbocycles. The molecule has 16 heavy (non-hydrogen) atoms. The Hall–Kier alpha value is -2.28. The first kappa shape index (κ1) is 10.2. The second-order valence-corrected chi connectivity index (χ2v) is 3.43. The highest BCUT2D eigenvalue weighted by Crippen LogP contribution is 2.23. The third kappa shape index (κ3) is 1.26. The number of nitriles is 1. The molecule has 4 heteroatoms. The number of aromatic carboxylic acids is 1. The van der Waals surface area contributed by atoms with Crippen molar-refractivity contribution in [3.63, 3.8) is 0 Å². The van der Waals surface area contributed by atoms with Crippen molar-refractivity contribution in [2.24, 2.45) is 0 Å². The number of aromatic nitrogens is 1.